The van der Waals surface area contributed by atoms with Crippen molar-refractivity contribution in [3.63, 3.8) is 0 Å². The van der Waals surface area contributed by atoms with Crippen LogP contribution in [0.25, 0.3) is 6.08 Å². The van der Waals surface area contributed by atoms with E-state index in [9.17, 15) is 14.4 Å². The van der Waals surface area contributed by atoms with Gasteiger partial charge in [0.15, 0.2) is 11.5 Å². The van der Waals surface area contributed by atoms with Crippen LogP contribution < -0.4 is 24.4 Å². The van der Waals surface area contributed by atoms with E-state index in [0.717, 1.165) is 27.2 Å². The summed E-state index contributed by atoms with van der Waals surface area (Å²) in [7, 11) is 0. The van der Waals surface area contributed by atoms with Crippen molar-refractivity contribution in [3.05, 3.63) is 122 Å². The van der Waals surface area contributed by atoms with Crippen LogP contribution in [-0.4, -0.2) is 24.5 Å². The van der Waals surface area contributed by atoms with Gasteiger partial charge in [-0.1, -0.05) is 59.1 Å². The van der Waals surface area contributed by atoms with Crippen molar-refractivity contribution >= 4 is 57.1 Å². The third-order valence-electron chi connectivity index (χ3n) is 6.86. The van der Waals surface area contributed by atoms with Crippen LogP contribution in [0.4, 0.5) is 10.5 Å². The van der Waals surface area contributed by atoms with Crippen molar-refractivity contribution in [1.82, 2.24) is 5.32 Å². The lowest BCUT2D eigenvalue weighted by molar-refractivity contribution is -0.122. The van der Waals surface area contributed by atoms with Crippen molar-refractivity contribution in [2.24, 2.45) is 0 Å². The molecule has 5 rings (SSSR count). The van der Waals surface area contributed by atoms with E-state index in [4.69, 9.17) is 25.8 Å². The number of carbonyl (C=O) groups excluding carboxylic acids is 3. The number of urea groups is 1. The Morgan fingerprint density at radius 1 is 0.867 bits per heavy atom. The molecule has 8 nitrogen and oxygen atoms in total. The predicted octanol–water partition coefficient (Wildman–Crippen LogP) is 7.94. The minimum Gasteiger partial charge on any atom is -0.490 e. The summed E-state index contributed by atoms with van der Waals surface area (Å²) in [5.74, 6) is -0.121. The summed E-state index contributed by atoms with van der Waals surface area (Å²) in [6.07, 6.45) is 1.42. The maximum absolute atomic E-state index is 13.5. The Hall–Kier alpha value is -4.60. The number of nitrogens with one attached hydrogen (secondary N) is 1. The molecule has 1 aliphatic rings. The van der Waals surface area contributed by atoms with Crippen molar-refractivity contribution in [1.29, 1.82) is 0 Å². The fraction of sp³-hybridized carbons (Fsp3) is 0.171. The number of rotatable bonds is 10. The molecule has 1 N–H and O–H groups in total. The highest BCUT2D eigenvalue weighted by atomic mass is 79.9. The number of hydrogen-bond donors (Lipinski definition) is 1. The molecule has 0 saturated carbocycles. The van der Waals surface area contributed by atoms with Crippen molar-refractivity contribution < 1.29 is 28.6 Å². The predicted molar refractivity (Wildman–Crippen MR) is 177 cm³/mol. The fourth-order valence-electron chi connectivity index (χ4n) is 4.91. The van der Waals surface area contributed by atoms with Crippen LogP contribution in [0, 0.1) is 13.8 Å². The number of ether oxygens (including phenoxy) is 3. The lowest BCUT2D eigenvalue weighted by Gasteiger charge is -2.26. The van der Waals surface area contributed by atoms with Gasteiger partial charge in [-0.05, 0) is 96.4 Å². The van der Waals surface area contributed by atoms with Gasteiger partial charge in [-0.2, -0.15) is 0 Å². The van der Waals surface area contributed by atoms with E-state index in [1.54, 1.807) is 42.5 Å². The highest BCUT2D eigenvalue weighted by Crippen LogP contribution is 2.38. The van der Waals surface area contributed by atoms with Gasteiger partial charge in [-0.3, -0.25) is 14.9 Å². The molecule has 0 atom stereocenters. The molecule has 1 fully saturated rings. The lowest BCUT2D eigenvalue weighted by Crippen LogP contribution is -2.54. The van der Waals surface area contributed by atoms with Gasteiger partial charge < -0.3 is 14.2 Å². The van der Waals surface area contributed by atoms with E-state index in [1.165, 1.54) is 6.08 Å². The topological polar surface area (TPSA) is 94.2 Å². The van der Waals surface area contributed by atoms with Crippen LogP contribution in [0.5, 0.6) is 17.2 Å². The standard InChI is InChI=1S/C35H30BrClN2O6/c1-4-43-31-18-23(17-29(36)32(31)45-19-24-14-21(2)13-22(3)15-24)16-28-33(40)38-35(42)39(34(28)41)26-9-11-27(12-10-26)44-20-25-7-5-6-8-30(25)37/h5-18H,4,19-20H2,1-3H3,(H,38,40,42)/b28-16+. The smallest absolute Gasteiger partial charge is 0.335 e. The molecule has 10 heteroatoms. The highest BCUT2D eigenvalue weighted by Gasteiger charge is 2.37. The third kappa shape index (κ3) is 7.56. The van der Waals surface area contributed by atoms with E-state index in [0.29, 0.717) is 45.5 Å². The third-order valence-corrected chi connectivity index (χ3v) is 7.81. The first-order valence-corrected chi connectivity index (χ1v) is 15.3. The molecule has 0 spiro atoms. The monoisotopic (exact) mass is 688 g/mol. The second kappa shape index (κ2) is 14.0. The summed E-state index contributed by atoms with van der Waals surface area (Å²) in [5, 5.41) is 2.85. The highest BCUT2D eigenvalue weighted by molar-refractivity contribution is 9.10. The summed E-state index contributed by atoms with van der Waals surface area (Å²) in [6, 6.07) is 22.5. The largest absolute Gasteiger partial charge is 0.490 e. The Labute approximate surface area is 274 Å². The number of carbonyl (C=O) groups is 3. The van der Waals surface area contributed by atoms with Gasteiger partial charge >= 0.3 is 6.03 Å². The number of hydrogen-bond acceptors (Lipinski definition) is 6. The Bertz CT molecular complexity index is 1780. The number of nitrogens with zero attached hydrogens (tertiary/aromatic N) is 1. The second-order valence-electron chi connectivity index (χ2n) is 10.4. The van der Waals surface area contributed by atoms with Crippen LogP contribution in [0.1, 0.15) is 34.7 Å². The SMILES string of the molecule is CCOc1cc(/C=C2\C(=O)NC(=O)N(c3ccc(OCc4ccccc4Cl)cc3)C2=O)cc(Br)c1OCc1cc(C)cc(C)c1. The van der Waals surface area contributed by atoms with Crippen LogP contribution in [0.3, 0.4) is 0 Å². The van der Waals surface area contributed by atoms with Crippen LogP contribution in [-0.2, 0) is 22.8 Å². The molecule has 1 aliphatic heterocycles. The maximum Gasteiger partial charge on any atom is 0.335 e. The molecule has 4 amide bonds. The normalized spacial score (nSPS) is 14.0. The zero-order chi connectivity index (χ0) is 32.1. The van der Waals surface area contributed by atoms with Crippen molar-refractivity contribution in [3.8, 4) is 17.2 Å². The molecular formula is C35H30BrClN2O6. The van der Waals surface area contributed by atoms with E-state index < -0.39 is 17.8 Å². The van der Waals surface area contributed by atoms with Crippen molar-refractivity contribution in [2.45, 2.75) is 34.0 Å². The summed E-state index contributed by atoms with van der Waals surface area (Å²) in [6.45, 7) is 6.85. The molecule has 0 radical (unpaired) electrons. The van der Waals surface area contributed by atoms with E-state index >= 15 is 0 Å². The summed E-state index contributed by atoms with van der Waals surface area (Å²) < 4.78 is 18.4. The number of benzene rings is 4. The van der Waals surface area contributed by atoms with Gasteiger partial charge in [0.05, 0.1) is 16.8 Å². The van der Waals surface area contributed by atoms with Gasteiger partial charge in [-0.25, -0.2) is 9.69 Å². The maximum atomic E-state index is 13.5. The van der Waals surface area contributed by atoms with E-state index in [2.05, 4.69) is 39.4 Å². The Morgan fingerprint density at radius 3 is 2.27 bits per heavy atom. The molecule has 0 unspecified atom stereocenters. The average Bonchev–Trinajstić information content (AvgIpc) is 2.99. The number of barbiturate groups is 1. The quantitative estimate of drug-likeness (QED) is 0.134. The number of halogens is 2. The number of amides is 4. The Morgan fingerprint density at radius 2 is 1.58 bits per heavy atom. The van der Waals surface area contributed by atoms with Crippen LogP contribution >= 0.6 is 27.5 Å². The lowest BCUT2D eigenvalue weighted by atomic mass is 10.1. The van der Waals surface area contributed by atoms with E-state index in [-0.39, 0.29) is 17.9 Å². The molecule has 4 aromatic rings. The van der Waals surface area contributed by atoms with Gasteiger partial charge in [0.2, 0.25) is 0 Å². The molecule has 45 heavy (non-hydrogen) atoms. The van der Waals surface area contributed by atoms with Crippen LogP contribution in [0.15, 0.2) is 88.9 Å². The minimum absolute atomic E-state index is 0.216. The van der Waals surface area contributed by atoms with Gasteiger partial charge in [0, 0.05) is 10.6 Å². The van der Waals surface area contributed by atoms with Gasteiger partial charge in [0.1, 0.15) is 24.5 Å². The fourth-order valence-corrected chi connectivity index (χ4v) is 5.67. The molecule has 230 valence electrons. The Balaban J connectivity index is 1.36. The molecule has 0 aliphatic carbocycles. The first-order valence-electron chi connectivity index (χ1n) is 14.2. The summed E-state index contributed by atoms with van der Waals surface area (Å²) >= 11 is 9.76. The molecular weight excluding hydrogens is 660 g/mol. The molecule has 0 bridgehead atoms. The number of imide groups is 2. The molecule has 4 aromatic carbocycles. The summed E-state index contributed by atoms with van der Waals surface area (Å²) in [5.41, 5.74) is 4.67. The molecule has 0 aromatic heterocycles. The van der Waals surface area contributed by atoms with E-state index in [1.807, 2.05) is 39.0 Å². The zero-order valence-electron chi connectivity index (χ0n) is 24.9. The Kier molecular flexibility index (Phi) is 9.90. The summed E-state index contributed by atoms with van der Waals surface area (Å²) in [4.78, 5) is 40.0. The number of aryl methyl sites for hydroxylation is 2. The van der Waals surface area contributed by atoms with Crippen LogP contribution in [0.2, 0.25) is 5.02 Å². The number of anilines is 1. The minimum atomic E-state index is -0.849. The second-order valence-corrected chi connectivity index (χ2v) is 11.6. The molecule has 1 saturated heterocycles. The van der Waals surface area contributed by atoms with Gasteiger partial charge in [0.25, 0.3) is 11.8 Å². The van der Waals surface area contributed by atoms with Gasteiger partial charge in [-0.15, -0.1) is 0 Å². The first kappa shape index (κ1) is 31.8. The zero-order valence-corrected chi connectivity index (χ0v) is 27.2. The molecule has 1 heterocycles. The first-order chi connectivity index (χ1) is 21.6. The average molecular weight is 690 g/mol. The van der Waals surface area contributed by atoms with Crippen molar-refractivity contribution in [2.75, 3.05) is 11.5 Å².